The number of nitrogens with one attached hydrogen (secondary N) is 2. The molecule has 0 spiro atoms. The van der Waals surface area contributed by atoms with Gasteiger partial charge in [-0.1, -0.05) is 28.1 Å². The van der Waals surface area contributed by atoms with E-state index in [-0.39, 0.29) is 5.91 Å². The number of halogens is 1. The second-order valence-electron chi connectivity index (χ2n) is 5.87. The average Bonchev–Trinajstić information content (AvgIpc) is 2.65. The number of rotatable bonds is 8. The van der Waals surface area contributed by atoms with Gasteiger partial charge in [0.2, 0.25) is 0 Å². The summed E-state index contributed by atoms with van der Waals surface area (Å²) >= 11 is 3.39. The fourth-order valence-electron chi connectivity index (χ4n) is 2.49. The first-order valence-corrected chi connectivity index (χ1v) is 9.52. The van der Waals surface area contributed by atoms with Gasteiger partial charge in [-0.05, 0) is 62.7 Å². The Balaban J connectivity index is 1.86. The third kappa shape index (κ3) is 5.88. The van der Waals surface area contributed by atoms with Gasteiger partial charge in [0.15, 0.2) is 0 Å². The van der Waals surface area contributed by atoms with Gasteiger partial charge < -0.3 is 10.2 Å². The van der Waals surface area contributed by atoms with Crippen LogP contribution in [0.5, 0.6) is 0 Å². The van der Waals surface area contributed by atoms with E-state index < -0.39 is 6.04 Å². The maximum absolute atomic E-state index is 12.1. The highest BCUT2D eigenvalue weighted by atomic mass is 79.9. The lowest BCUT2D eigenvalue weighted by Crippen LogP contribution is -2.34. The Kier molecular flexibility index (Phi) is 7.66. The zero-order valence-electron chi connectivity index (χ0n) is 15.4. The maximum atomic E-state index is 12.1. The number of carbonyl (C=O) groups is 1. The summed E-state index contributed by atoms with van der Waals surface area (Å²) < 4.78 is 0.997. The summed E-state index contributed by atoms with van der Waals surface area (Å²) in [5.74, 6) is -0.191. The molecule has 0 bridgehead atoms. The van der Waals surface area contributed by atoms with Crippen LogP contribution in [0, 0.1) is 0 Å². The third-order valence-electron chi connectivity index (χ3n) is 4.03. The van der Waals surface area contributed by atoms with Crippen molar-refractivity contribution in [3.05, 3.63) is 58.6 Å². The molecule has 0 aromatic heterocycles. The number of amides is 1. The predicted molar refractivity (Wildman–Crippen MR) is 113 cm³/mol. The van der Waals surface area contributed by atoms with Crippen molar-refractivity contribution < 1.29 is 4.79 Å². The Morgan fingerprint density at radius 3 is 2.31 bits per heavy atom. The van der Waals surface area contributed by atoms with Crippen molar-refractivity contribution in [3.63, 3.8) is 0 Å². The molecule has 26 heavy (non-hydrogen) atoms. The molecule has 0 heterocycles. The van der Waals surface area contributed by atoms with E-state index in [1.165, 1.54) is 5.69 Å². The van der Waals surface area contributed by atoms with E-state index in [1.54, 1.807) is 13.1 Å². The predicted octanol–water partition coefficient (Wildman–Crippen LogP) is 4.25. The van der Waals surface area contributed by atoms with Crippen LogP contribution < -0.4 is 15.6 Å². The molecule has 2 aromatic carbocycles. The second-order valence-corrected chi connectivity index (χ2v) is 6.79. The topological polar surface area (TPSA) is 56.7 Å². The number of anilines is 2. The molecule has 0 aliphatic rings. The Morgan fingerprint density at radius 2 is 1.73 bits per heavy atom. The summed E-state index contributed by atoms with van der Waals surface area (Å²) in [6.45, 7) is 8.02. The first-order chi connectivity index (χ1) is 12.5. The minimum atomic E-state index is -0.390. The highest BCUT2D eigenvalue weighted by Gasteiger charge is 2.11. The normalized spacial score (nSPS) is 12.0. The zero-order valence-corrected chi connectivity index (χ0v) is 17.0. The van der Waals surface area contributed by atoms with Gasteiger partial charge in [0, 0.05) is 28.9 Å². The van der Waals surface area contributed by atoms with E-state index in [9.17, 15) is 4.79 Å². The molecule has 138 valence electrons. The monoisotopic (exact) mass is 416 g/mol. The van der Waals surface area contributed by atoms with Gasteiger partial charge in [0.05, 0.1) is 6.21 Å². The summed E-state index contributed by atoms with van der Waals surface area (Å²) in [7, 11) is 0. The summed E-state index contributed by atoms with van der Waals surface area (Å²) in [6, 6.07) is 15.4. The van der Waals surface area contributed by atoms with Crippen LogP contribution >= 0.6 is 15.9 Å². The van der Waals surface area contributed by atoms with E-state index in [2.05, 4.69) is 62.7 Å². The molecule has 0 fully saturated rings. The smallest absolute Gasteiger partial charge is 0.262 e. The number of hydrogen-bond donors (Lipinski definition) is 2. The first kappa shape index (κ1) is 20.0. The second kappa shape index (κ2) is 9.97. The van der Waals surface area contributed by atoms with Gasteiger partial charge in [-0.15, -0.1) is 0 Å². The van der Waals surface area contributed by atoms with Gasteiger partial charge in [0.25, 0.3) is 5.91 Å². The van der Waals surface area contributed by atoms with Crippen LogP contribution in [0.15, 0.2) is 58.1 Å². The molecule has 2 N–H and O–H groups in total. The number of hydrazone groups is 1. The van der Waals surface area contributed by atoms with Gasteiger partial charge in [-0.25, -0.2) is 5.43 Å². The van der Waals surface area contributed by atoms with Gasteiger partial charge in [0.1, 0.15) is 6.04 Å². The average molecular weight is 417 g/mol. The van der Waals surface area contributed by atoms with Crippen LogP contribution in [0.3, 0.4) is 0 Å². The molecule has 5 nitrogen and oxygen atoms in total. The van der Waals surface area contributed by atoms with E-state index in [1.807, 2.05) is 36.4 Å². The number of benzene rings is 2. The molecule has 0 radical (unpaired) electrons. The SMILES string of the molecule is CCN(CC)c1ccc(/C=N/NC(=O)C(C)Nc2ccc(Br)cc2)cc1. The number of nitrogens with zero attached hydrogens (tertiary/aromatic N) is 2. The van der Waals surface area contributed by atoms with Gasteiger partial charge in [-0.2, -0.15) is 5.10 Å². The molecule has 0 aliphatic carbocycles. The molecule has 0 saturated carbocycles. The lowest BCUT2D eigenvalue weighted by atomic mass is 10.2. The Morgan fingerprint density at radius 1 is 1.12 bits per heavy atom. The van der Waals surface area contributed by atoms with Crippen molar-refractivity contribution in [3.8, 4) is 0 Å². The van der Waals surface area contributed by atoms with Crippen LogP contribution in [0.4, 0.5) is 11.4 Å². The molecule has 6 heteroatoms. The molecule has 1 atom stereocenters. The Bertz CT molecular complexity index is 724. The molecular weight excluding hydrogens is 392 g/mol. The van der Waals surface area contributed by atoms with Crippen molar-refractivity contribution in [2.75, 3.05) is 23.3 Å². The Labute approximate surface area is 163 Å². The summed E-state index contributed by atoms with van der Waals surface area (Å²) in [4.78, 5) is 14.4. The third-order valence-corrected chi connectivity index (χ3v) is 4.56. The van der Waals surface area contributed by atoms with Crippen molar-refractivity contribution >= 4 is 39.4 Å². The highest BCUT2D eigenvalue weighted by molar-refractivity contribution is 9.10. The molecule has 0 saturated heterocycles. The maximum Gasteiger partial charge on any atom is 0.262 e. The van der Waals surface area contributed by atoms with Crippen molar-refractivity contribution in [1.82, 2.24) is 5.43 Å². The van der Waals surface area contributed by atoms with Crippen molar-refractivity contribution in [2.45, 2.75) is 26.8 Å². The number of carbonyl (C=O) groups excluding carboxylic acids is 1. The van der Waals surface area contributed by atoms with Gasteiger partial charge in [-0.3, -0.25) is 4.79 Å². The zero-order chi connectivity index (χ0) is 18.9. The van der Waals surface area contributed by atoms with Crippen molar-refractivity contribution in [1.29, 1.82) is 0 Å². The highest BCUT2D eigenvalue weighted by Crippen LogP contribution is 2.15. The van der Waals surface area contributed by atoms with E-state index >= 15 is 0 Å². The molecule has 2 rings (SSSR count). The van der Waals surface area contributed by atoms with Crippen LogP contribution in [0.2, 0.25) is 0 Å². The fourth-order valence-corrected chi connectivity index (χ4v) is 2.75. The lowest BCUT2D eigenvalue weighted by Gasteiger charge is -2.20. The lowest BCUT2D eigenvalue weighted by molar-refractivity contribution is -0.121. The fraction of sp³-hybridized carbons (Fsp3) is 0.300. The summed E-state index contributed by atoms with van der Waals surface area (Å²) in [5.41, 5.74) is 5.58. The quantitative estimate of drug-likeness (QED) is 0.499. The van der Waals surface area contributed by atoms with Crippen LogP contribution in [-0.4, -0.2) is 31.3 Å². The van der Waals surface area contributed by atoms with Gasteiger partial charge >= 0.3 is 0 Å². The van der Waals surface area contributed by atoms with Crippen LogP contribution in [-0.2, 0) is 4.79 Å². The molecule has 0 aliphatic heterocycles. The van der Waals surface area contributed by atoms with E-state index in [0.29, 0.717) is 0 Å². The molecule has 2 aromatic rings. The summed E-state index contributed by atoms with van der Waals surface area (Å²) in [6.07, 6.45) is 1.65. The van der Waals surface area contributed by atoms with E-state index in [4.69, 9.17) is 0 Å². The standard InChI is InChI=1S/C20H25BrN4O/c1-4-25(5-2)19-12-6-16(7-13-19)14-22-24-20(26)15(3)23-18-10-8-17(21)9-11-18/h6-15,23H,4-5H2,1-3H3,(H,24,26)/b22-14+. The molecule has 1 unspecified atom stereocenters. The Hall–Kier alpha value is -2.34. The van der Waals surface area contributed by atoms with Crippen molar-refractivity contribution in [2.24, 2.45) is 5.10 Å². The van der Waals surface area contributed by atoms with Crippen LogP contribution in [0.1, 0.15) is 26.3 Å². The van der Waals surface area contributed by atoms with Crippen LogP contribution in [0.25, 0.3) is 0 Å². The molecular formula is C20H25BrN4O. The first-order valence-electron chi connectivity index (χ1n) is 8.73. The minimum Gasteiger partial charge on any atom is -0.374 e. The van der Waals surface area contributed by atoms with E-state index in [0.717, 1.165) is 28.8 Å². The largest absolute Gasteiger partial charge is 0.374 e. The molecule has 1 amide bonds. The summed E-state index contributed by atoms with van der Waals surface area (Å²) in [5, 5.41) is 7.19. The minimum absolute atomic E-state index is 0.191. The number of hydrogen-bond acceptors (Lipinski definition) is 4.